The first-order chi connectivity index (χ1) is 11.7. The average Bonchev–Trinajstić information content (AvgIpc) is 3.18. The van der Waals surface area contributed by atoms with Gasteiger partial charge < -0.3 is 18.8 Å². The lowest BCUT2D eigenvalue weighted by molar-refractivity contribution is -0.00453. The van der Waals surface area contributed by atoms with Gasteiger partial charge in [0.1, 0.15) is 0 Å². The van der Waals surface area contributed by atoms with Crippen molar-refractivity contribution in [3.05, 3.63) is 60.0 Å². The maximum absolute atomic E-state index is 13.3. The fourth-order valence-corrected chi connectivity index (χ4v) is 3.58. The highest BCUT2D eigenvalue weighted by Crippen LogP contribution is 2.29. The smallest absolute Gasteiger partial charge is 0.256 e. The van der Waals surface area contributed by atoms with E-state index in [0.29, 0.717) is 19.8 Å². The van der Waals surface area contributed by atoms with Crippen LogP contribution in [-0.2, 0) is 18.8 Å². The number of aromatic nitrogens is 2. The summed E-state index contributed by atoms with van der Waals surface area (Å²) in [5.41, 5.74) is 2.93. The van der Waals surface area contributed by atoms with Gasteiger partial charge >= 0.3 is 0 Å². The van der Waals surface area contributed by atoms with Gasteiger partial charge in [0.05, 0.1) is 24.8 Å². The minimum atomic E-state index is -0.0507. The first kappa shape index (κ1) is 15.0. The summed E-state index contributed by atoms with van der Waals surface area (Å²) in [4.78, 5) is 15.2. The first-order valence-electron chi connectivity index (χ1n) is 8.21. The molecule has 0 aliphatic carbocycles. The number of nitrogens with zero attached hydrogens (tertiary/aromatic N) is 3. The molecule has 1 amide bonds. The molecule has 5 nitrogen and oxygen atoms in total. The van der Waals surface area contributed by atoms with Crippen LogP contribution in [0.3, 0.4) is 0 Å². The van der Waals surface area contributed by atoms with Gasteiger partial charge in [-0.2, -0.15) is 0 Å². The van der Waals surface area contributed by atoms with E-state index in [2.05, 4.69) is 10.6 Å². The summed E-state index contributed by atoms with van der Waals surface area (Å²) in [6.07, 6.45) is 3.94. The highest BCUT2D eigenvalue weighted by molar-refractivity contribution is 6.07. The van der Waals surface area contributed by atoms with Crippen molar-refractivity contribution in [1.29, 1.82) is 0 Å². The minimum Gasteiger partial charge on any atom is -0.377 e. The summed E-state index contributed by atoms with van der Waals surface area (Å²) < 4.78 is 9.73. The molecule has 5 heteroatoms. The zero-order valence-corrected chi connectivity index (χ0v) is 14.0. The number of carbonyl (C=O) groups excluding carboxylic acids is 1. The number of carbonyl (C=O) groups is 1. The highest BCUT2D eigenvalue weighted by Gasteiger charge is 2.31. The summed E-state index contributed by atoms with van der Waals surface area (Å²) in [5, 5.41) is 1.00. The molecule has 4 rings (SSSR count). The molecule has 0 spiro atoms. The highest BCUT2D eigenvalue weighted by atomic mass is 16.5. The van der Waals surface area contributed by atoms with Crippen LogP contribution in [0.5, 0.6) is 0 Å². The van der Waals surface area contributed by atoms with Gasteiger partial charge in [-0.3, -0.25) is 4.79 Å². The van der Waals surface area contributed by atoms with Crippen LogP contribution in [-0.4, -0.2) is 39.7 Å². The fraction of sp³-hybridized carbons (Fsp3) is 0.316. The molecule has 3 heterocycles. The van der Waals surface area contributed by atoms with Crippen molar-refractivity contribution in [3.8, 4) is 0 Å². The van der Waals surface area contributed by atoms with E-state index in [4.69, 9.17) is 4.74 Å². The first-order valence-corrected chi connectivity index (χ1v) is 8.21. The van der Waals surface area contributed by atoms with Crippen molar-refractivity contribution in [2.75, 3.05) is 19.8 Å². The van der Waals surface area contributed by atoms with Crippen molar-refractivity contribution in [2.45, 2.75) is 6.04 Å². The van der Waals surface area contributed by atoms with Crippen LogP contribution >= 0.6 is 0 Å². The quantitative estimate of drug-likeness (QED) is 0.727. The molecule has 1 aliphatic heterocycles. The molecule has 0 bridgehead atoms. The van der Waals surface area contributed by atoms with E-state index in [1.165, 1.54) is 0 Å². The average molecular weight is 323 g/mol. The van der Waals surface area contributed by atoms with Crippen LogP contribution in [0, 0.1) is 0 Å². The van der Waals surface area contributed by atoms with Crippen LogP contribution < -0.4 is 0 Å². The topological polar surface area (TPSA) is 39.4 Å². The van der Waals surface area contributed by atoms with Crippen LogP contribution in [0.1, 0.15) is 22.1 Å². The van der Waals surface area contributed by atoms with Crippen LogP contribution in [0.25, 0.3) is 10.9 Å². The van der Waals surface area contributed by atoms with Gasteiger partial charge in [-0.1, -0.05) is 18.2 Å². The van der Waals surface area contributed by atoms with Crippen LogP contribution in [0.2, 0.25) is 0 Å². The molecule has 24 heavy (non-hydrogen) atoms. The largest absolute Gasteiger partial charge is 0.377 e. The molecule has 1 atom stereocenters. The molecule has 0 radical (unpaired) electrons. The van der Waals surface area contributed by atoms with Crippen LogP contribution in [0.4, 0.5) is 0 Å². The molecular weight excluding hydrogens is 302 g/mol. The minimum absolute atomic E-state index is 0.0507. The van der Waals surface area contributed by atoms with Crippen molar-refractivity contribution >= 4 is 16.8 Å². The summed E-state index contributed by atoms with van der Waals surface area (Å²) >= 11 is 0. The Morgan fingerprint density at radius 2 is 1.96 bits per heavy atom. The number of hydrogen-bond donors (Lipinski definition) is 0. The third-order valence-electron chi connectivity index (χ3n) is 4.84. The number of hydrogen-bond acceptors (Lipinski definition) is 2. The van der Waals surface area contributed by atoms with Crippen molar-refractivity contribution in [3.63, 3.8) is 0 Å². The lowest BCUT2D eigenvalue weighted by Crippen LogP contribution is -2.44. The van der Waals surface area contributed by atoms with Gasteiger partial charge in [-0.15, -0.1) is 0 Å². The molecule has 1 saturated heterocycles. The van der Waals surface area contributed by atoms with Gasteiger partial charge in [-0.25, -0.2) is 0 Å². The van der Waals surface area contributed by atoms with E-state index in [-0.39, 0.29) is 11.9 Å². The molecule has 124 valence electrons. The Balaban J connectivity index is 1.75. The number of fused-ring (bicyclic) bond motifs is 1. The lowest BCUT2D eigenvalue weighted by atomic mass is 10.1. The summed E-state index contributed by atoms with van der Waals surface area (Å²) in [5.74, 6) is 0.0706. The number of benzene rings is 1. The van der Waals surface area contributed by atoms with Gasteiger partial charge in [0.25, 0.3) is 5.91 Å². The Morgan fingerprint density at radius 3 is 2.75 bits per heavy atom. The summed E-state index contributed by atoms with van der Waals surface area (Å²) in [7, 11) is 3.98. The number of ether oxygens (including phenoxy) is 1. The SMILES string of the molecule is Cn1cccc1C1COCCN1C(=O)c1cn(C)c2ccccc12. The predicted molar refractivity (Wildman–Crippen MR) is 92.9 cm³/mol. The Bertz CT molecular complexity index is 893. The van der Waals surface area contributed by atoms with Crippen molar-refractivity contribution in [2.24, 2.45) is 14.1 Å². The maximum Gasteiger partial charge on any atom is 0.256 e. The molecule has 2 aromatic heterocycles. The second-order valence-electron chi connectivity index (χ2n) is 6.30. The fourth-order valence-electron chi connectivity index (χ4n) is 3.58. The molecule has 1 unspecified atom stereocenters. The van der Waals surface area contributed by atoms with Gasteiger partial charge in [0.15, 0.2) is 0 Å². The Labute approximate surface area is 141 Å². The van der Waals surface area contributed by atoms with E-state index in [9.17, 15) is 4.79 Å². The van der Waals surface area contributed by atoms with E-state index in [1.54, 1.807) is 0 Å². The van der Waals surface area contributed by atoms with E-state index in [0.717, 1.165) is 22.2 Å². The van der Waals surface area contributed by atoms with E-state index in [1.807, 2.05) is 66.3 Å². The molecule has 0 saturated carbocycles. The number of para-hydroxylation sites is 1. The zero-order chi connectivity index (χ0) is 16.7. The van der Waals surface area contributed by atoms with Gasteiger partial charge in [0, 0.05) is 49.6 Å². The lowest BCUT2D eigenvalue weighted by Gasteiger charge is -2.36. The Morgan fingerprint density at radius 1 is 1.12 bits per heavy atom. The third-order valence-corrected chi connectivity index (χ3v) is 4.84. The van der Waals surface area contributed by atoms with Gasteiger partial charge in [0.2, 0.25) is 0 Å². The number of morpholine rings is 1. The van der Waals surface area contributed by atoms with Crippen LogP contribution in [0.15, 0.2) is 48.8 Å². The second-order valence-corrected chi connectivity index (χ2v) is 6.30. The number of rotatable bonds is 2. The second kappa shape index (κ2) is 5.83. The maximum atomic E-state index is 13.3. The summed E-state index contributed by atoms with van der Waals surface area (Å²) in [6.45, 7) is 1.73. The number of aryl methyl sites for hydroxylation is 2. The molecule has 1 fully saturated rings. The Kier molecular flexibility index (Phi) is 3.65. The normalized spacial score (nSPS) is 18.2. The standard InChI is InChI=1S/C19H21N3O2/c1-20-9-5-8-17(20)18-13-24-11-10-22(18)19(23)15-12-21(2)16-7-4-3-6-14(15)16/h3-9,12,18H,10-11,13H2,1-2H3. The molecule has 1 aromatic carbocycles. The zero-order valence-electron chi connectivity index (χ0n) is 14.0. The van der Waals surface area contributed by atoms with Crippen molar-refractivity contribution in [1.82, 2.24) is 14.0 Å². The van der Waals surface area contributed by atoms with E-state index >= 15 is 0 Å². The number of amides is 1. The Hall–Kier alpha value is -2.53. The summed E-state index contributed by atoms with van der Waals surface area (Å²) in [6, 6.07) is 12.0. The van der Waals surface area contributed by atoms with Gasteiger partial charge in [-0.05, 0) is 18.2 Å². The van der Waals surface area contributed by atoms with E-state index < -0.39 is 0 Å². The monoisotopic (exact) mass is 323 g/mol. The molecular formula is C19H21N3O2. The molecule has 1 aliphatic rings. The van der Waals surface area contributed by atoms with Crippen molar-refractivity contribution < 1.29 is 9.53 Å². The predicted octanol–water partition coefficient (Wildman–Crippen LogP) is 2.73. The molecule has 3 aromatic rings. The molecule has 0 N–H and O–H groups in total. The third kappa shape index (κ3) is 2.32.